The summed E-state index contributed by atoms with van der Waals surface area (Å²) in [4.78, 5) is 30.0. The maximum absolute atomic E-state index is 12.5. The lowest BCUT2D eigenvalue weighted by Crippen LogP contribution is -2.29. The van der Waals surface area contributed by atoms with Crippen molar-refractivity contribution in [2.45, 2.75) is 32.9 Å². The number of alkyl halides is 3. The molecule has 0 saturated carbocycles. The Labute approximate surface area is 165 Å². The second kappa shape index (κ2) is 9.23. The van der Waals surface area contributed by atoms with Gasteiger partial charge in [0.05, 0.1) is 5.56 Å². The lowest BCUT2D eigenvalue weighted by Gasteiger charge is -2.11. The number of H-pyrrole nitrogens is 1. The third-order valence-corrected chi connectivity index (χ3v) is 4.37. The summed E-state index contributed by atoms with van der Waals surface area (Å²) in [6.07, 6.45) is -3.17. The number of aromatic nitrogens is 2. The smallest absolute Gasteiger partial charge is 0.368 e. The van der Waals surface area contributed by atoms with Crippen molar-refractivity contribution in [3.8, 4) is 6.07 Å². The number of hydrogen-bond acceptors (Lipinski definition) is 5. The molecular weight excluding hydrogens is 387 g/mol. The normalized spacial score (nSPS) is 11.0. The van der Waals surface area contributed by atoms with Crippen LogP contribution in [0.3, 0.4) is 0 Å². The minimum Gasteiger partial charge on any atom is -0.368 e. The lowest BCUT2D eigenvalue weighted by molar-refractivity contribution is -0.137. The van der Waals surface area contributed by atoms with Crippen LogP contribution in [0.5, 0.6) is 0 Å². The zero-order valence-electron chi connectivity index (χ0n) is 15.9. The maximum Gasteiger partial charge on any atom is 0.417 e. The van der Waals surface area contributed by atoms with Gasteiger partial charge in [-0.15, -0.1) is 0 Å². The number of aryl methyl sites for hydroxylation is 1. The van der Waals surface area contributed by atoms with E-state index in [1.165, 1.54) is 6.07 Å². The summed E-state index contributed by atoms with van der Waals surface area (Å²) in [5.41, 5.74) is 0.705. The Balaban J connectivity index is 1.80. The molecule has 3 N–H and O–H groups in total. The highest BCUT2D eigenvalue weighted by molar-refractivity contribution is 5.76. The van der Waals surface area contributed by atoms with Gasteiger partial charge in [0.1, 0.15) is 17.5 Å². The topological polar surface area (TPSA) is 111 Å². The van der Waals surface area contributed by atoms with Gasteiger partial charge < -0.3 is 15.6 Å². The van der Waals surface area contributed by atoms with Crippen LogP contribution in [-0.2, 0) is 17.4 Å². The Hall–Kier alpha value is -3.35. The molecule has 0 atom stereocenters. The van der Waals surface area contributed by atoms with E-state index in [0.717, 1.165) is 17.8 Å². The second-order valence-electron chi connectivity index (χ2n) is 6.38. The van der Waals surface area contributed by atoms with Gasteiger partial charge in [0.15, 0.2) is 0 Å². The van der Waals surface area contributed by atoms with Crippen LogP contribution in [0.15, 0.2) is 23.1 Å². The number of nitrogens with zero attached hydrogens (tertiary/aromatic N) is 2. The van der Waals surface area contributed by atoms with Crippen LogP contribution in [0, 0.1) is 25.2 Å². The fourth-order valence-electron chi connectivity index (χ4n) is 2.81. The highest BCUT2D eigenvalue weighted by Crippen LogP contribution is 2.28. The van der Waals surface area contributed by atoms with E-state index in [4.69, 9.17) is 5.26 Å². The molecule has 0 aliphatic rings. The van der Waals surface area contributed by atoms with Crippen molar-refractivity contribution >= 4 is 11.7 Å². The number of carbonyl (C=O) groups excluding carboxylic acids is 1. The zero-order valence-corrected chi connectivity index (χ0v) is 15.9. The number of halogens is 3. The molecular formula is C19H20F3N5O2. The number of carbonyl (C=O) groups is 1. The highest BCUT2D eigenvalue weighted by atomic mass is 19.4. The largest absolute Gasteiger partial charge is 0.417 e. The minimum absolute atomic E-state index is 0.0410. The first-order valence-electron chi connectivity index (χ1n) is 8.79. The molecule has 0 saturated heterocycles. The number of nitriles is 1. The fraction of sp³-hybridized carbons (Fsp3) is 0.368. The quantitative estimate of drug-likeness (QED) is 0.611. The summed E-state index contributed by atoms with van der Waals surface area (Å²) in [7, 11) is 0. The molecule has 1 amide bonds. The van der Waals surface area contributed by atoms with Crippen LogP contribution in [0.1, 0.15) is 34.4 Å². The monoisotopic (exact) mass is 407 g/mol. The molecule has 2 heterocycles. The molecule has 10 heteroatoms. The summed E-state index contributed by atoms with van der Waals surface area (Å²) in [6, 6.07) is 4.02. The molecule has 0 aromatic carbocycles. The van der Waals surface area contributed by atoms with Gasteiger partial charge >= 0.3 is 6.18 Å². The van der Waals surface area contributed by atoms with Gasteiger partial charge in [0, 0.05) is 31.4 Å². The Morgan fingerprint density at radius 1 is 1.28 bits per heavy atom. The van der Waals surface area contributed by atoms with Crippen LogP contribution in [0.2, 0.25) is 0 Å². The predicted molar refractivity (Wildman–Crippen MR) is 100 cm³/mol. The second-order valence-corrected chi connectivity index (χ2v) is 6.38. The minimum atomic E-state index is -4.43. The van der Waals surface area contributed by atoms with Crippen molar-refractivity contribution in [3.05, 3.63) is 56.6 Å². The summed E-state index contributed by atoms with van der Waals surface area (Å²) in [5.74, 6) is 0.0476. The molecule has 0 radical (unpaired) electrons. The summed E-state index contributed by atoms with van der Waals surface area (Å²) < 4.78 is 37.4. The van der Waals surface area contributed by atoms with E-state index >= 15 is 0 Å². The van der Waals surface area contributed by atoms with Crippen molar-refractivity contribution in [2.24, 2.45) is 0 Å². The number of rotatable bonds is 7. The first-order chi connectivity index (χ1) is 13.6. The van der Waals surface area contributed by atoms with Gasteiger partial charge in [-0.2, -0.15) is 18.4 Å². The average Bonchev–Trinajstić information content (AvgIpc) is 2.65. The van der Waals surface area contributed by atoms with Crippen LogP contribution < -0.4 is 16.2 Å². The van der Waals surface area contributed by atoms with Crippen molar-refractivity contribution in [1.29, 1.82) is 5.26 Å². The van der Waals surface area contributed by atoms with E-state index < -0.39 is 17.3 Å². The first kappa shape index (κ1) is 21.9. The SMILES string of the molecule is Cc1[nH]c(=O)c(C#N)c(C)c1CCC(=O)NCCNc1ccc(C(F)(F)F)cn1. The third-order valence-electron chi connectivity index (χ3n) is 4.37. The third kappa shape index (κ3) is 5.81. The molecule has 0 bridgehead atoms. The van der Waals surface area contributed by atoms with E-state index in [0.29, 0.717) is 24.2 Å². The van der Waals surface area contributed by atoms with Crippen molar-refractivity contribution in [2.75, 3.05) is 18.4 Å². The Bertz CT molecular complexity index is 976. The van der Waals surface area contributed by atoms with E-state index in [1.54, 1.807) is 13.8 Å². The predicted octanol–water partition coefficient (Wildman–Crippen LogP) is 2.44. The number of pyridine rings is 2. The first-order valence-corrected chi connectivity index (χ1v) is 8.79. The van der Waals surface area contributed by atoms with Crippen LogP contribution >= 0.6 is 0 Å². The molecule has 0 aliphatic carbocycles. The van der Waals surface area contributed by atoms with Gasteiger partial charge in [-0.05, 0) is 43.5 Å². The Kier molecular flexibility index (Phi) is 6.98. The molecule has 7 nitrogen and oxygen atoms in total. The molecule has 0 spiro atoms. The zero-order chi connectivity index (χ0) is 21.6. The van der Waals surface area contributed by atoms with Crippen LogP contribution in [-0.4, -0.2) is 29.0 Å². The van der Waals surface area contributed by atoms with E-state index in [1.807, 2.05) is 6.07 Å². The van der Waals surface area contributed by atoms with Crippen LogP contribution in [0.25, 0.3) is 0 Å². The molecule has 0 aliphatic heterocycles. The van der Waals surface area contributed by atoms with E-state index in [9.17, 15) is 22.8 Å². The van der Waals surface area contributed by atoms with Gasteiger partial charge in [0.25, 0.3) is 5.56 Å². The van der Waals surface area contributed by atoms with E-state index in [2.05, 4.69) is 20.6 Å². The van der Waals surface area contributed by atoms with Crippen molar-refractivity contribution in [1.82, 2.24) is 15.3 Å². The lowest BCUT2D eigenvalue weighted by atomic mass is 9.99. The number of nitrogens with one attached hydrogen (secondary N) is 3. The fourth-order valence-corrected chi connectivity index (χ4v) is 2.81. The van der Waals surface area contributed by atoms with Crippen molar-refractivity contribution in [3.63, 3.8) is 0 Å². The molecule has 2 aromatic heterocycles. The molecule has 29 heavy (non-hydrogen) atoms. The molecule has 0 fully saturated rings. The molecule has 2 rings (SSSR count). The van der Waals surface area contributed by atoms with Gasteiger partial charge in [-0.1, -0.05) is 0 Å². The molecule has 2 aromatic rings. The highest BCUT2D eigenvalue weighted by Gasteiger charge is 2.30. The number of hydrogen-bond donors (Lipinski definition) is 3. The van der Waals surface area contributed by atoms with E-state index in [-0.39, 0.29) is 30.3 Å². The Morgan fingerprint density at radius 3 is 2.59 bits per heavy atom. The standard InChI is InChI=1S/C19H20F3N5O2/c1-11-14(12(2)27-18(29)15(11)9-23)4-6-17(28)25-8-7-24-16-5-3-13(10-26-16)19(20,21)22/h3,5,10H,4,6-8H2,1-2H3,(H,24,26)(H,25,28)(H,27,29). The summed E-state index contributed by atoms with van der Waals surface area (Å²) in [5, 5.41) is 14.6. The average molecular weight is 407 g/mol. The summed E-state index contributed by atoms with van der Waals surface area (Å²) >= 11 is 0. The van der Waals surface area contributed by atoms with Crippen molar-refractivity contribution < 1.29 is 18.0 Å². The number of anilines is 1. The summed E-state index contributed by atoms with van der Waals surface area (Å²) in [6.45, 7) is 3.94. The number of amides is 1. The maximum atomic E-state index is 12.5. The molecule has 0 unspecified atom stereocenters. The number of aromatic amines is 1. The van der Waals surface area contributed by atoms with Gasteiger partial charge in [0.2, 0.25) is 5.91 Å². The van der Waals surface area contributed by atoms with Crippen LogP contribution in [0.4, 0.5) is 19.0 Å². The van der Waals surface area contributed by atoms with Gasteiger partial charge in [-0.3, -0.25) is 9.59 Å². The Morgan fingerprint density at radius 2 is 2.00 bits per heavy atom. The molecule has 154 valence electrons. The van der Waals surface area contributed by atoms with Gasteiger partial charge in [-0.25, -0.2) is 4.98 Å².